The average Bonchev–Trinajstić information content (AvgIpc) is 3.24. The second kappa shape index (κ2) is 7.12. The number of esters is 1. The molecule has 1 amide bonds. The molecule has 2 heterocycles. The highest BCUT2D eigenvalue weighted by molar-refractivity contribution is 6.02. The first kappa shape index (κ1) is 16.6. The van der Waals surface area contributed by atoms with Gasteiger partial charge in [0.2, 0.25) is 6.79 Å². The maximum Gasteiger partial charge on any atom is 0.355 e. The fourth-order valence-corrected chi connectivity index (χ4v) is 2.18. The van der Waals surface area contributed by atoms with Crippen LogP contribution in [-0.2, 0) is 9.53 Å². The van der Waals surface area contributed by atoms with Crippen LogP contribution in [0.3, 0.4) is 0 Å². The van der Waals surface area contributed by atoms with Gasteiger partial charge < -0.3 is 23.9 Å². The van der Waals surface area contributed by atoms with E-state index in [4.69, 9.17) is 18.6 Å². The van der Waals surface area contributed by atoms with E-state index in [1.54, 1.807) is 38.1 Å². The summed E-state index contributed by atoms with van der Waals surface area (Å²) >= 11 is 0. The van der Waals surface area contributed by atoms with Gasteiger partial charge in [0, 0.05) is 0 Å². The van der Waals surface area contributed by atoms with Crippen LogP contribution in [0.4, 0.5) is 0 Å². The molecule has 3 rings (SSSR count). The Kier molecular flexibility index (Phi) is 4.74. The molecule has 25 heavy (non-hydrogen) atoms. The van der Waals surface area contributed by atoms with Gasteiger partial charge in [-0.15, -0.1) is 0 Å². The van der Waals surface area contributed by atoms with Crippen molar-refractivity contribution < 1.29 is 28.2 Å². The minimum Gasteiger partial charge on any atom is -0.459 e. The van der Waals surface area contributed by atoms with E-state index < -0.39 is 11.9 Å². The third kappa shape index (κ3) is 4.00. The molecule has 0 spiro atoms. The molecule has 0 bridgehead atoms. The van der Waals surface area contributed by atoms with E-state index in [1.807, 2.05) is 0 Å². The zero-order chi connectivity index (χ0) is 17.8. The fraction of sp³-hybridized carbons (Fsp3) is 0.222. The summed E-state index contributed by atoms with van der Waals surface area (Å²) in [5.41, 5.74) is 0.647. The van der Waals surface area contributed by atoms with E-state index in [1.165, 1.54) is 18.4 Å². The van der Waals surface area contributed by atoms with E-state index in [0.717, 1.165) is 0 Å². The Morgan fingerprint density at radius 1 is 1.20 bits per heavy atom. The summed E-state index contributed by atoms with van der Waals surface area (Å²) in [6.07, 6.45) is 2.56. The number of carbonyl (C=O) groups is 2. The topological polar surface area (TPSA) is 87.0 Å². The van der Waals surface area contributed by atoms with Crippen LogP contribution in [0.2, 0.25) is 0 Å². The third-order valence-electron chi connectivity index (χ3n) is 3.26. The van der Waals surface area contributed by atoms with Gasteiger partial charge in [0.25, 0.3) is 5.91 Å². The molecule has 0 radical (unpaired) electrons. The molecular formula is C18H17NO6. The van der Waals surface area contributed by atoms with Crippen molar-refractivity contribution in [2.45, 2.75) is 20.0 Å². The van der Waals surface area contributed by atoms with Gasteiger partial charge in [0.05, 0.1) is 12.4 Å². The van der Waals surface area contributed by atoms with Crippen molar-refractivity contribution in [3.05, 3.63) is 53.6 Å². The summed E-state index contributed by atoms with van der Waals surface area (Å²) in [7, 11) is 0. The maximum atomic E-state index is 12.3. The Morgan fingerprint density at radius 3 is 2.72 bits per heavy atom. The minimum absolute atomic E-state index is 0.00559. The highest BCUT2D eigenvalue weighted by Gasteiger charge is 2.19. The van der Waals surface area contributed by atoms with Crippen molar-refractivity contribution in [3.63, 3.8) is 0 Å². The predicted molar refractivity (Wildman–Crippen MR) is 87.9 cm³/mol. The number of benzene rings is 1. The summed E-state index contributed by atoms with van der Waals surface area (Å²) in [5.74, 6) is 0.102. The lowest BCUT2D eigenvalue weighted by Gasteiger charge is -2.12. The van der Waals surface area contributed by atoms with E-state index in [-0.39, 0.29) is 24.4 Å². The Morgan fingerprint density at radius 2 is 2.00 bits per heavy atom. The van der Waals surface area contributed by atoms with E-state index in [9.17, 15) is 9.59 Å². The molecule has 1 aromatic heterocycles. The molecule has 0 fully saturated rings. The highest BCUT2D eigenvalue weighted by Crippen LogP contribution is 2.33. The molecule has 1 aliphatic heterocycles. The number of furan rings is 1. The monoisotopic (exact) mass is 343 g/mol. The van der Waals surface area contributed by atoms with Crippen molar-refractivity contribution in [3.8, 4) is 11.5 Å². The van der Waals surface area contributed by atoms with E-state index >= 15 is 0 Å². The number of rotatable bonds is 5. The molecule has 1 N–H and O–H groups in total. The lowest BCUT2D eigenvalue weighted by Crippen LogP contribution is -2.29. The third-order valence-corrected chi connectivity index (χ3v) is 3.26. The maximum absolute atomic E-state index is 12.3. The van der Waals surface area contributed by atoms with Crippen molar-refractivity contribution in [2.24, 2.45) is 0 Å². The van der Waals surface area contributed by atoms with Gasteiger partial charge in [-0.05, 0) is 49.8 Å². The van der Waals surface area contributed by atoms with Crippen LogP contribution >= 0.6 is 0 Å². The molecule has 0 saturated heterocycles. The first-order chi connectivity index (χ1) is 12.0. The first-order valence-electron chi connectivity index (χ1n) is 7.70. The lowest BCUT2D eigenvalue weighted by atomic mass is 10.1. The van der Waals surface area contributed by atoms with E-state index in [0.29, 0.717) is 17.1 Å². The van der Waals surface area contributed by atoms with Gasteiger partial charge in [0.1, 0.15) is 5.70 Å². The van der Waals surface area contributed by atoms with Crippen LogP contribution in [0.25, 0.3) is 6.08 Å². The number of fused-ring (bicyclic) bond motifs is 1. The summed E-state index contributed by atoms with van der Waals surface area (Å²) in [4.78, 5) is 24.5. The molecule has 1 aliphatic rings. The molecule has 1 aromatic carbocycles. The van der Waals surface area contributed by atoms with Gasteiger partial charge in [-0.1, -0.05) is 6.07 Å². The Balaban J connectivity index is 1.87. The molecule has 7 heteroatoms. The van der Waals surface area contributed by atoms with Crippen molar-refractivity contribution in [1.29, 1.82) is 0 Å². The van der Waals surface area contributed by atoms with Gasteiger partial charge in [-0.2, -0.15) is 0 Å². The first-order valence-corrected chi connectivity index (χ1v) is 7.70. The van der Waals surface area contributed by atoms with Gasteiger partial charge in [-0.3, -0.25) is 4.79 Å². The van der Waals surface area contributed by atoms with Gasteiger partial charge >= 0.3 is 5.97 Å². The number of nitrogens with one attached hydrogen (secondary N) is 1. The summed E-state index contributed by atoms with van der Waals surface area (Å²) in [6.45, 7) is 3.61. The SMILES string of the molecule is CC(C)OC(=O)C(=Cc1ccc2c(c1)OCO2)NC(=O)c1ccco1. The second-order valence-corrected chi connectivity index (χ2v) is 5.56. The van der Waals surface area contributed by atoms with Gasteiger partial charge in [-0.25, -0.2) is 4.79 Å². The van der Waals surface area contributed by atoms with Crippen LogP contribution in [0, 0.1) is 0 Å². The summed E-state index contributed by atoms with van der Waals surface area (Å²) in [6, 6.07) is 8.27. The molecule has 2 aromatic rings. The van der Waals surface area contributed by atoms with Crippen LogP contribution in [0.15, 0.2) is 46.7 Å². The molecule has 0 atom stereocenters. The summed E-state index contributed by atoms with van der Waals surface area (Å²) in [5, 5.41) is 2.52. The normalized spacial score (nSPS) is 13.0. The molecule has 130 valence electrons. The number of ether oxygens (including phenoxy) is 3. The number of amides is 1. The van der Waals surface area contributed by atoms with Crippen LogP contribution < -0.4 is 14.8 Å². The number of hydrogen-bond donors (Lipinski definition) is 1. The Bertz CT molecular complexity index is 807. The fourth-order valence-electron chi connectivity index (χ4n) is 2.18. The number of hydrogen-bond acceptors (Lipinski definition) is 6. The molecule has 7 nitrogen and oxygen atoms in total. The zero-order valence-electron chi connectivity index (χ0n) is 13.8. The van der Waals surface area contributed by atoms with Crippen LogP contribution in [0.5, 0.6) is 11.5 Å². The van der Waals surface area contributed by atoms with Crippen LogP contribution in [0.1, 0.15) is 30.0 Å². The second-order valence-electron chi connectivity index (χ2n) is 5.56. The lowest BCUT2D eigenvalue weighted by molar-refractivity contribution is -0.142. The average molecular weight is 343 g/mol. The predicted octanol–water partition coefficient (Wildman–Crippen LogP) is 2.73. The standard InChI is InChI=1S/C18H17NO6/c1-11(2)25-18(21)13(19-17(20)15-4-3-7-22-15)8-12-5-6-14-16(9-12)24-10-23-14/h3-9,11H,10H2,1-2H3,(H,19,20). The van der Waals surface area contributed by atoms with Crippen LogP contribution in [-0.4, -0.2) is 24.8 Å². The Labute approximate surface area is 144 Å². The van der Waals surface area contributed by atoms with Crippen molar-refractivity contribution in [1.82, 2.24) is 5.32 Å². The largest absolute Gasteiger partial charge is 0.459 e. The molecule has 0 aliphatic carbocycles. The van der Waals surface area contributed by atoms with Crippen molar-refractivity contribution >= 4 is 18.0 Å². The Hall–Kier alpha value is -3.22. The quantitative estimate of drug-likeness (QED) is 0.663. The highest BCUT2D eigenvalue weighted by atomic mass is 16.7. The summed E-state index contributed by atoms with van der Waals surface area (Å²) < 4.78 is 20.8. The van der Waals surface area contributed by atoms with E-state index in [2.05, 4.69) is 5.32 Å². The van der Waals surface area contributed by atoms with Gasteiger partial charge in [0.15, 0.2) is 17.3 Å². The molecule has 0 saturated carbocycles. The minimum atomic E-state index is -0.646. The zero-order valence-corrected chi connectivity index (χ0v) is 13.8. The smallest absolute Gasteiger partial charge is 0.355 e. The number of carbonyl (C=O) groups excluding carboxylic acids is 2. The van der Waals surface area contributed by atoms with Crippen molar-refractivity contribution in [2.75, 3.05) is 6.79 Å². The molecule has 0 unspecified atom stereocenters. The molecular weight excluding hydrogens is 326 g/mol.